The summed E-state index contributed by atoms with van der Waals surface area (Å²) in [6.45, 7) is 3.43. The normalized spacial score (nSPS) is 10.7. The molecular weight excluding hydrogens is 455 g/mol. The predicted octanol–water partition coefficient (Wildman–Crippen LogP) is 3.94. The number of aryl methyl sites for hydroxylation is 3. The van der Waals surface area contributed by atoms with Gasteiger partial charge in [-0.25, -0.2) is 4.39 Å². The Hall–Kier alpha value is -3.07. The molecule has 9 heteroatoms. The fraction of sp³-hybridized carbons (Fsp3) is 0.238. The van der Waals surface area contributed by atoms with E-state index < -0.39 is 0 Å². The third-order valence-electron chi connectivity index (χ3n) is 4.34. The number of halogens is 2. The van der Waals surface area contributed by atoms with Crippen LogP contribution >= 0.6 is 15.9 Å². The first-order valence-corrected chi connectivity index (χ1v) is 10.0. The molecule has 7 nitrogen and oxygen atoms in total. The highest BCUT2D eigenvalue weighted by molar-refractivity contribution is 9.10. The first kappa shape index (κ1) is 21.6. The predicted molar refractivity (Wildman–Crippen MR) is 113 cm³/mol. The van der Waals surface area contributed by atoms with E-state index in [-0.39, 0.29) is 42.9 Å². The number of hydrogen-bond donors (Lipinski definition) is 2. The first-order valence-electron chi connectivity index (χ1n) is 9.23. The van der Waals surface area contributed by atoms with Crippen LogP contribution in [0.4, 0.5) is 10.1 Å². The molecule has 30 heavy (non-hydrogen) atoms. The zero-order valence-corrected chi connectivity index (χ0v) is 18.0. The number of amides is 2. The van der Waals surface area contributed by atoms with Crippen LogP contribution in [-0.2, 0) is 16.0 Å². The summed E-state index contributed by atoms with van der Waals surface area (Å²) in [5, 5.41) is 9.15. The number of benzene rings is 2. The van der Waals surface area contributed by atoms with Crippen molar-refractivity contribution in [3.63, 3.8) is 0 Å². The number of carbonyl (C=O) groups excluding carboxylic acids is 2. The van der Waals surface area contributed by atoms with Crippen molar-refractivity contribution in [2.75, 3.05) is 11.9 Å². The van der Waals surface area contributed by atoms with E-state index in [1.54, 1.807) is 25.1 Å². The van der Waals surface area contributed by atoms with Crippen LogP contribution in [0.1, 0.15) is 23.4 Å². The molecule has 0 spiro atoms. The minimum absolute atomic E-state index is 0.0920. The van der Waals surface area contributed by atoms with Crippen LogP contribution < -0.4 is 10.6 Å². The maximum atomic E-state index is 13.4. The Morgan fingerprint density at radius 1 is 1.10 bits per heavy atom. The lowest BCUT2D eigenvalue weighted by Gasteiger charge is -2.08. The molecule has 0 aliphatic heterocycles. The van der Waals surface area contributed by atoms with Crippen molar-refractivity contribution < 1.29 is 18.5 Å². The number of nitrogens with zero attached hydrogens (tertiary/aromatic N) is 2. The summed E-state index contributed by atoms with van der Waals surface area (Å²) >= 11 is 3.40. The molecule has 0 atom stereocenters. The number of carbonyl (C=O) groups is 2. The zero-order valence-electron chi connectivity index (χ0n) is 16.5. The number of nitrogens with one attached hydrogen (secondary N) is 2. The number of anilines is 1. The molecule has 3 aromatic rings. The lowest BCUT2D eigenvalue weighted by atomic mass is 10.1. The Balaban J connectivity index is 1.45. The van der Waals surface area contributed by atoms with E-state index in [2.05, 4.69) is 36.7 Å². The number of hydrogen-bond acceptors (Lipinski definition) is 5. The summed E-state index contributed by atoms with van der Waals surface area (Å²) in [5.41, 5.74) is 2.76. The molecular formula is C21H20BrFN4O3. The summed E-state index contributed by atoms with van der Waals surface area (Å²) < 4.78 is 19.5. The van der Waals surface area contributed by atoms with Gasteiger partial charge in [0.25, 0.3) is 0 Å². The Morgan fingerprint density at radius 2 is 1.90 bits per heavy atom. The van der Waals surface area contributed by atoms with E-state index in [1.807, 2.05) is 19.1 Å². The van der Waals surface area contributed by atoms with E-state index in [1.165, 1.54) is 6.07 Å². The Kier molecular flexibility index (Phi) is 6.94. The van der Waals surface area contributed by atoms with Gasteiger partial charge in [0.1, 0.15) is 5.82 Å². The molecule has 0 aliphatic rings. The van der Waals surface area contributed by atoms with E-state index in [4.69, 9.17) is 4.52 Å². The first-order chi connectivity index (χ1) is 14.3. The summed E-state index contributed by atoms with van der Waals surface area (Å²) in [4.78, 5) is 28.2. The van der Waals surface area contributed by atoms with Gasteiger partial charge >= 0.3 is 0 Å². The van der Waals surface area contributed by atoms with Crippen molar-refractivity contribution in [2.24, 2.45) is 0 Å². The van der Waals surface area contributed by atoms with Crippen molar-refractivity contribution in [3.8, 4) is 11.4 Å². The van der Waals surface area contributed by atoms with Crippen LogP contribution in [0.3, 0.4) is 0 Å². The van der Waals surface area contributed by atoms with Gasteiger partial charge in [-0.05, 0) is 61.4 Å². The average Bonchev–Trinajstić information content (AvgIpc) is 3.19. The van der Waals surface area contributed by atoms with Crippen molar-refractivity contribution in [2.45, 2.75) is 26.7 Å². The minimum Gasteiger partial charge on any atom is -0.347 e. The van der Waals surface area contributed by atoms with Crippen LogP contribution in [0.5, 0.6) is 0 Å². The number of aromatic nitrogens is 2. The Bertz CT molecular complexity index is 1080. The molecule has 156 valence electrons. The molecule has 2 N–H and O–H groups in total. The van der Waals surface area contributed by atoms with E-state index >= 15 is 0 Å². The van der Waals surface area contributed by atoms with E-state index in [0.717, 1.165) is 10.0 Å². The van der Waals surface area contributed by atoms with Gasteiger partial charge in [-0.2, -0.15) is 4.98 Å². The smallest absolute Gasteiger partial charge is 0.243 e. The SMILES string of the molecule is Cc1cc(-c2noc(CCC(=O)NCC(=O)Nc3ccc(Br)c(C)c3)n2)ccc1F. The summed E-state index contributed by atoms with van der Waals surface area (Å²) in [6, 6.07) is 9.98. The second-order valence-corrected chi connectivity index (χ2v) is 7.62. The summed E-state index contributed by atoms with van der Waals surface area (Å²) in [6.07, 6.45) is 0.321. The van der Waals surface area contributed by atoms with Crippen LogP contribution in [0.15, 0.2) is 45.4 Å². The van der Waals surface area contributed by atoms with E-state index in [9.17, 15) is 14.0 Å². The largest absolute Gasteiger partial charge is 0.347 e. The van der Waals surface area contributed by atoms with Gasteiger partial charge < -0.3 is 15.2 Å². The molecule has 1 heterocycles. The van der Waals surface area contributed by atoms with Gasteiger partial charge in [0.15, 0.2) is 0 Å². The van der Waals surface area contributed by atoms with Gasteiger partial charge in [0.2, 0.25) is 23.5 Å². The molecule has 0 unspecified atom stereocenters. The van der Waals surface area contributed by atoms with Crippen LogP contribution in [-0.4, -0.2) is 28.5 Å². The van der Waals surface area contributed by atoms with Gasteiger partial charge in [-0.15, -0.1) is 0 Å². The Morgan fingerprint density at radius 3 is 2.63 bits per heavy atom. The van der Waals surface area contributed by atoms with Gasteiger partial charge in [-0.3, -0.25) is 9.59 Å². The summed E-state index contributed by atoms with van der Waals surface area (Å²) in [5.74, 6) is -0.320. The highest BCUT2D eigenvalue weighted by atomic mass is 79.9. The molecule has 1 aromatic heterocycles. The third-order valence-corrected chi connectivity index (χ3v) is 5.23. The standard InChI is InChI=1S/C21H20BrFN4O3/c1-12-10-15(4-5-16(12)22)25-19(29)11-24-18(28)7-8-20-26-21(27-30-20)14-3-6-17(23)13(2)9-14/h3-6,9-10H,7-8,11H2,1-2H3,(H,24,28)(H,25,29). The molecule has 0 saturated carbocycles. The fourth-order valence-corrected chi connectivity index (χ4v) is 2.92. The monoisotopic (exact) mass is 474 g/mol. The lowest BCUT2D eigenvalue weighted by Crippen LogP contribution is -2.33. The van der Waals surface area contributed by atoms with Gasteiger partial charge in [-0.1, -0.05) is 21.1 Å². The molecule has 3 rings (SSSR count). The Labute approximate surface area is 181 Å². The topological polar surface area (TPSA) is 97.1 Å². The molecule has 2 amide bonds. The highest BCUT2D eigenvalue weighted by Crippen LogP contribution is 2.20. The minimum atomic E-state index is -0.322. The molecule has 0 bridgehead atoms. The van der Waals surface area contributed by atoms with Crippen molar-refractivity contribution in [1.82, 2.24) is 15.5 Å². The quantitative estimate of drug-likeness (QED) is 0.540. The van der Waals surface area contributed by atoms with E-state index in [0.29, 0.717) is 22.6 Å². The summed E-state index contributed by atoms with van der Waals surface area (Å²) in [7, 11) is 0. The maximum absolute atomic E-state index is 13.4. The van der Waals surface area contributed by atoms with Gasteiger partial charge in [0.05, 0.1) is 6.54 Å². The average molecular weight is 475 g/mol. The highest BCUT2D eigenvalue weighted by Gasteiger charge is 2.12. The van der Waals surface area contributed by atoms with Crippen molar-refractivity contribution in [1.29, 1.82) is 0 Å². The third kappa shape index (κ3) is 5.73. The van der Waals surface area contributed by atoms with Gasteiger partial charge in [0, 0.05) is 28.6 Å². The van der Waals surface area contributed by atoms with Crippen molar-refractivity contribution in [3.05, 3.63) is 63.7 Å². The van der Waals surface area contributed by atoms with Crippen LogP contribution in [0.25, 0.3) is 11.4 Å². The molecule has 0 saturated heterocycles. The fourth-order valence-electron chi connectivity index (χ4n) is 2.67. The lowest BCUT2D eigenvalue weighted by molar-refractivity contribution is -0.124. The number of rotatable bonds is 7. The maximum Gasteiger partial charge on any atom is 0.243 e. The molecule has 0 fully saturated rings. The second-order valence-electron chi connectivity index (χ2n) is 6.76. The zero-order chi connectivity index (χ0) is 21.7. The van der Waals surface area contributed by atoms with Crippen molar-refractivity contribution >= 4 is 33.4 Å². The molecule has 0 radical (unpaired) electrons. The van der Waals surface area contributed by atoms with Crippen LogP contribution in [0.2, 0.25) is 0 Å². The molecule has 0 aliphatic carbocycles. The molecule has 2 aromatic carbocycles. The second kappa shape index (κ2) is 9.62. The van der Waals surface area contributed by atoms with Crippen LogP contribution in [0, 0.1) is 19.7 Å².